The average Bonchev–Trinajstić information content (AvgIpc) is 2.40. The molecule has 0 unspecified atom stereocenters. The zero-order chi connectivity index (χ0) is 13.7. The number of carbonyl (C=O) groups excluding carboxylic acids is 1. The summed E-state index contributed by atoms with van der Waals surface area (Å²) >= 11 is 0. The maximum atomic E-state index is 11.3. The molecule has 2 aromatic carbocycles. The molecule has 0 fully saturated rings. The number of carbonyl (C=O) groups is 1. The van der Waals surface area contributed by atoms with Gasteiger partial charge in [-0.05, 0) is 37.1 Å². The van der Waals surface area contributed by atoms with Crippen molar-refractivity contribution in [2.24, 2.45) is 0 Å². The Morgan fingerprint density at radius 2 is 1.84 bits per heavy atom. The molecule has 3 nitrogen and oxygen atoms in total. The number of hydrogen-bond acceptors (Lipinski definition) is 2. The number of rotatable bonds is 3. The second kappa shape index (κ2) is 6.05. The second-order valence-corrected chi connectivity index (χ2v) is 4.29. The molecule has 0 saturated carbocycles. The van der Waals surface area contributed by atoms with Gasteiger partial charge in [0, 0.05) is 5.69 Å². The summed E-state index contributed by atoms with van der Waals surface area (Å²) in [6.45, 7) is 4.22. The molecule has 2 rings (SSSR count). The summed E-state index contributed by atoms with van der Waals surface area (Å²) in [5.41, 5.74) is 4.25. The van der Waals surface area contributed by atoms with E-state index in [1.807, 2.05) is 30.3 Å². The highest BCUT2D eigenvalue weighted by atomic mass is 16.5. The molecular formula is C16H17NO2. The van der Waals surface area contributed by atoms with Gasteiger partial charge in [-0.2, -0.15) is 0 Å². The molecule has 0 atom stereocenters. The molecule has 0 radical (unpaired) electrons. The first-order valence-corrected chi connectivity index (χ1v) is 6.30. The van der Waals surface area contributed by atoms with E-state index in [2.05, 4.69) is 30.4 Å². The number of anilines is 1. The molecule has 0 saturated heterocycles. The van der Waals surface area contributed by atoms with Gasteiger partial charge in [0.25, 0.3) is 0 Å². The maximum absolute atomic E-state index is 11.3. The third-order valence-electron chi connectivity index (χ3n) is 2.76. The van der Waals surface area contributed by atoms with Gasteiger partial charge >= 0.3 is 6.09 Å². The van der Waals surface area contributed by atoms with Crippen LogP contribution in [0.3, 0.4) is 0 Å². The predicted molar refractivity (Wildman–Crippen MR) is 77.3 cm³/mol. The van der Waals surface area contributed by atoms with Crippen molar-refractivity contribution in [3.05, 3.63) is 54.1 Å². The fourth-order valence-electron chi connectivity index (χ4n) is 1.86. The molecule has 2 aromatic rings. The van der Waals surface area contributed by atoms with E-state index in [4.69, 9.17) is 4.74 Å². The Balaban J connectivity index is 2.12. The van der Waals surface area contributed by atoms with Gasteiger partial charge in [0.2, 0.25) is 0 Å². The summed E-state index contributed by atoms with van der Waals surface area (Å²) < 4.78 is 4.83. The number of ether oxygens (including phenoxy) is 1. The normalized spacial score (nSPS) is 10.0. The van der Waals surface area contributed by atoms with E-state index in [0.717, 1.165) is 11.3 Å². The third-order valence-corrected chi connectivity index (χ3v) is 2.76. The van der Waals surface area contributed by atoms with Crippen LogP contribution in [0.1, 0.15) is 12.5 Å². The standard InChI is InChI=1S/C16H17NO2/c1-3-19-16(18)17-15-9-7-13(8-10-15)14-6-4-5-12(2)11-14/h4-11H,3H2,1-2H3,(H,17,18). The maximum Gasteiger partial charge on any atom is 0.411 e. The molecule has 0 heterocycles. The summed E-state index contributed by atoms with van der Waals surface area (Å²) in [4.78, 5) is 11.3. The summed E-state index contributed by atoms with van der Waals surface area (Å²) in [5.74, 6) is 0. The van der Waals surface area contributed by atoms with E-state index >= 15 is 0 Å². The SMILES string of the molecule is CCOC(=O)Nc1ccc(-c2cccc(C)c2)cc1. The Morgan fingerprint density at radius 3 is 2.47 bits per heavy atom. The lowest BCUT2D eigenvalue weighted by Crippen LogP contribution is -2.12. The van der Waals surface area contributed by atoms with Gasteiger partial charge < -0.3 is 4.74 Å². The van der Waals surface area contributed by atoms with Gasteiger partial charge in [-0.3, -0.25) is 5.32 Å². The van der Waals surface area contributed by atoms with E-state index in [0.29, 0.717) is 6.61 Å². The van der Waals surface area contributed by atoms with Crippen LogP contribution < -0.4 is 5.32 Å². The highest BCUT2D eigenvalue weighted by Gasteiger charge is 2.02. The molecule has 1 amide bonds. The summed E-state index contributed by atoms with van der Waals surface area (Å²) in [5, 5.41) is 2.67. The molecule has 0 aromatic heterocycles. The number of benzene rings is 2. The number of aryl methyl sites for hydroxylation is 1. The molecule has 3 heteroatoms. The van der Waals surface area contributed by atoms with Crippen molar-refractivity contribution < 1.29 is 9.53 Å². The van der Waals surface area contributed by atoms with Crippen molar-refractivity contribution >= 4 is 11.8 Å². The van der Waals surface area contributed by atoms with Crippen LogP contribution in [0.4, 0.5) is 10.5 Å². The Labute approximate surface area is 113 Å². The van der Waals surface area contributed by atoms with Gasteiger partial charge in [-0.15, -0.1) is 0 Å². The van der Waals surface area contributed by atoms with Crippen LogP contribution in [0.25, 0.3) is 11.1 Å². The number of hydrogen-bond donors (Lipinski definition) is 1. The minimum Gasteiger partial charge on any atom is -0.450 e. The van der Waals surface area contributed by atoms with Crippen molar-refractivity contribution in [2.75, 3.05) is 11.9 Å². The first kappa shape index (κ1) is 13.1. The van der Waals surface area contributed by atoms with Crippen LogP contribution in [0, 0.1) is 6.92 Å². The molecule has 0 bridgehead atoms. The van der Waals surface area contributed by atoms with Crippen LogP contribution in [-0.4, -0.2) is 12.7 Å². The van der Waals surface area contributed by atoms with E-state index in [9.17, 15) is 4.79 Å². The third kappa shape index (κ3) is 3.58. The van der Waals surface area contributed by atoms with Crippen LogP contribution in [0.15, 0.2) is 48.5 Å². The van der Waals surface area contributed by atoms with E-state index in [1.165, 1.54) is 11.1 Å². The van der Waals surface area contributed by atoms with Crippen molar-refractivity contribution in [1.82, 2.24) is 0 Å². The Bertz CT molecular complexity index is 561. The van der Waals surface area contributed by atoms with Gasteiger partial charge in [-0.25, -0.2) is 4.79 Å². The Morgan fingerprint density at radius 1 is 1.11 bits per heavy atom. The lowest BCUT2D eigenvalue weighted by atomic mass is 10.0. The monoisotopic (exact) mass is 255 g/mol. The summed E-state index contributed by atoms with van der Waals surface area (Å²) in [6.07, 6.45) is -0.425. The fraction of sp³-hybridized carbons (Fsp3) is 0.188. The van der Waals surface area contributed by atoms with Crippen molar-refractivity contribution in [2.45, 2.75) is 13.8 Å². The highest BCUT2D eigenvalue weighted by Crippen LogP contribution is 2.22. The summed E-state index contributed by atoms with van der Waals surface area (Å²) in [7, 11) is 0. The lowest BCUT2D eigenvalue weighted by molar-refractivity contribution is 0.168. The molecule has 19 heavy (non-hydrogen) atoms. The second-order valence-electron chi connectivity index (χ2n) is 4.29. The van der Waals surface area contributed by atoms with Crippen LogP contribution in [-0.2, 0) is 4.74 Å². The molecule has 0 aliphatic carbocycles. The van der Waals surface area contributed by atoms with Gasteiger partial charge in [-0.1, -0.05) is 42.0 Å². The van der Waals surface area contributed by atoms with Gasteiger partial charge in [0.05, 0.1) is 6.61 Å². The molecule has 0 spiro atoms. The molecule has 1 N–H and O–H groups in total. The summed E-state index contributed by atoms with van der Waals surface area (Å²) in [6, 6.07) is 16.0. The lowest BCUT2D eigenvalue weighted by Gasteiger charge is -2.07. The van der Waals surface area contributed by atoms with E-state index < -0.39 is 6.09 Å². The van der Waals surface area contributed by atoms with E-state index in [-0.39, 0.29) is 0 Å². The zero-order valence-electron chi connectivity index (χ0n) is 11.1. The van der Waals surface area contributed by atoms with Crippen molar-refractivity contribution in [3.63, 3.8) is 0 Å². The van der Waals surface area contributed by atoms with Gasteiger partial charge in [0.15, 0.2) is 0 Å². The highest BCUT2D eigenvalue weighted by molar-refractivity contribution is 5.85. The molecule has 0 aliphatic heterocycles. The first-order valence-electron chi connectivity index (χ1n) is 6.30. The van der Waals surface area contributed by atoms with Crippen LogP contribution in [0.5, 0.6) is 0 Å². The van der Waals surface area contributed by atoms with Crippen LogP contribution >= 0.6 is 0 Å². The zero-order valence-corrected chi connectivity index (χ0v) is 11.1. The van der Waals surface area contributed by atoms with Gasteiger partial charge in [0.1, 0.15) is 0 Å². The minimum atomic E-state index is -0.425. The Kier molecular flexibility index (Phi) is 4.18. The average molecular weight is 255 g/mol. The van der Waals surface area contributed by atoms with E-state index in [1.54, 1.807) is 6.92 Å². The molecular weight excluding hydrogens is 238 g/mol. The molecule has 98 valence electrons. The fourth-order valence-corrected chi connectivity index (χ4v) is 1.86. The topological polar surface area (TPSA) is 38.3 Å². The largest absolute Gasteiger partial charge is 0.450 e. The number of amides is 1. The first-order chi connectivity index (χ1) is 9.19. The quantitative estimate of drug-likeness (QED) is 0.891. The van der Waals surface area contributed by atoms with Crippen molar-refractivity contribution in [1.29, 1.82) is 0 Å². The Hall–Kier alpha value is -2.29. The minimum absolute atomic E-state index is 0.368. The molecule has 0 aliphatic rings. The van der Waals surface area contributed by atoms with Crippen LogP contribution in [0.2, 0.25) is 0 Å². The number of nitrogens with one attached hydrogen (secondary N) is 1. The predicted octanol–water partition coefficient (Wildman–Crippen LogP) is 4.23. The van der Waals surface area contributed by atoms with Crippen molar-refractivity contribution in [3.8, 4) is 11.1 Å². The smallest absolute Gasteiger partial charge is 0.411 e.